The number of benzene rings is 1. The quantitative estimate of drug-likeness (QED) is 0.533. The maximum Gasteiger partial charge on any atom is 0.338 e. The Balaban J connectivity index is 2.30. The van der Waals surface area contributed by atoms with Crippen LogP contribution in [-0.4, -0.2) is 44.3 Å². The van der Waals surface area contributed by atoms with Crippen molar-refractivity contribution in [2.24, 2.45) is 0 Å². The second-order valence-corrected chi connectivity index (χ2v) is 6.91. The van der Waals surface area contributed by atoms with E-state index >= 15 is 0 Å². The summed E-state index contributed by atoms with van der Waals surface area (Å²) in [6.45, 7) is 4.05. The van der Waals surface area contributed by atoms with Gasteiger partial charge in [0.05, 0.1) is 25.8 Å². The van der Waals surface area contributed by atoms with Crippen LogP contribution < -0.4 is 20.1 Å². The monoisotopic (exact) mass is 380 g/mol. The lowest BCUT2D eigenvalue weighted by Crippen LogP contribution is -2.45. The van der Waals surface area contributed by atoms with Crippen molar-refractivity contribution in [2.45, 2.75) is 19.9 Å². The fraction of sp³-hybridized carbons (Fsp3) is 0.444. The minimum absolute atomic E-state index is 0.320. The summed E-state index contributed by atoms with van der Waals surface area (Å²) in [6.07, 6.45) is 0. The maximum absolute atomic E-state index is 12.6. The fourth-order valence-corrected chi connectivity index (χ4v) is 3.15. The van der Waals surface area contributed by atoms with Crippen molar-refractivity contribution in [3.8, 4) is 11.5 Å². The molecule has 1 heterocycles. The van der Waals surface area contributed by atoms with Gasteiger partial charge in [-0.2, -0.15) is 11.8 Å². The summed E-state index contributed by atoms with van der Waals surface area (Å²) in [5.74, 6) is 2.33. The Morgan fingerprint density at radius 2 is 1.96 bits per heavy atom. The molecule has 142 valence electrons. The van der Waals surface area contributed by atoms with Gasteiger partial charge in [-0.25, -0.2) is 9.59 Å². The average molecular weight is 380 g/mol. The highest BCUT2D eigenvalue weighted by Crippen LogP contribution is 2.34. The van der Waals surface area contributed by atoms with Crippen LogP contribution in [-0.2, 0) is 9.53 Å². The number of ether oxygens (including phenoxy) is 3. The standard InChI is InChI=1S/C18H24N2O5S/c1-5-26-9-8-25-17(21)15-11(2)19-18(22)20-16(15)12-6-7-13(23-3)14(10-12)24-4/h6-7,10,16H,5,8-9H2,1-4H3,(H2,19,20,22)/t16-/m0/s1. The average Bonchev–Trinajstić information content (AvgIpc) is 2.63. The summed E-state index contributed by atoms with van der Waals surface area (Å²) in [7, 11) is 3.08. The number of urea groups is 1. The lowest BCUT2D eigenvalue weighted by molar-refractivity contribution is -0.138. The number of methoxy groups -OCH3 is 2. The molecule has 0 aliphatic carbocycles. The topological polar surface area (TPSA) is 85.9 Å². The van der Waals surface area contributed by atoms with Crippen LogP contribution in [0.2, 0.25) is 0 Å². The van der Waals surface area contributed by atoms with Gasteiger partial charge >= 0.3 is 12.0 Å². The number of thioether (sulfide) groups is 1. The minimum Gasteiger partial charge on any atom is -0.493 e. The summed E-state index contributed by atoms with van der Waals surface area (Å²) in [5.41, 5.74) is 1.55. The molecule has 1 aromatic carbocycles. The Morgan fingerprint density at radius 1 is 1.23 bits per heavy atom. The van der Waals surface area contributed by atoms with Gasteiger partial charge in [0, 0.05) is 11.4 Å². The third kappa shape index (κ3) is 4.63. The molecule has 0 spiro atoms. The van der Waals surface area contributed by atoms with Gasteiger partial charge < -0.3 is 24.8 Å². The Labute approximate surface area is 157 Å². The van der Waals surface area contributed by atoms with E-state index in [2.05, 4.69) is 10.6 Å². The second-order valence-electron chi connectivity index (χ2n) is 5.52. The van der Waals surface area contributed by atoms with Gasteiger partial charge in [0.25, 0.3) is 0 Å². The van der Waals surface area contributed by atoms with Gasteiger partial charge in [-0.05, 0) is 30.4 Å². The summed E-state index contributed by atoms with van der Waals surface area (Å²) >= 11 is 1.70. The van der Waals surface area contributed by atoms with Crippen LogP contribution in [0.3, 0.4) is 0 Å². The SMILES string of the molecule is CCSCCOC(=O)C1=C(C)NC(=O)N[C@H]1c1ccc(OC)c(OC)c1. The predicted molar refractivity (Wildman–Crippen MR) is 101 cm³/mol. The highest BCUT2D eigenvalue weighted by atomic mass is 32.2. The van der Waals surface area contributed by atoms with Crippen LogP contribution in [0, 0.1) is 0 Å². The van der Waals surface area contributed by atoms with Gasteiger partial charge in [0.1, 0.15) is 6.61 Å². The Bertz CT molecular complexity index is 705. The molecule has 1 aromatic rings. The Hall–Kier alpha value is -2.35. The molecule has 0 radical (unpaired) electrons. The third-order valence-corrected chi connectivity index (χ3v) is 4.76. The van der Waals surface area contributed by atoms with Crippen molar-refractivity contribution in [3.63, 3.8) is 0 Å². The molecule has 0 saturated carbocycles. The zero-order valence-corrected chi connectivity index (χ0v) is 16.2. The van der Waals surface area contributed by atoms with Crippen LogP contribution in [0.1, 0.15) is 25.5 Å². The van der Waals surface area contributed by atoms with E-state index in [1.807, 2.05) is 6.92 Å². The number of allylic oxidation sites excluding steroid dienone is 1. The molecule has 0 saturated heterocycles. The van der Waals surface area contributed by atoms with Crippen molar-refractivity contribution in [3.05, 3.63) is 35.0 Å². The fourth-order valence-electron chi connectivity index (χ4n) is 2.66. The highest BCUT2D eigenvalue weighted by Gasteiger charge is 2.32. The molecule has 7 nitrogen and oxygen atoms in total. The van der Waals surface area contributed by atoms with Crippen LogP contribution in [0.4, 0.5) is 4.79 Å². The van der Waals surface area contributed by atoms with E-state index in [1.54, 1.807) is 44.0 Å². The number of nitrogens with one attached hydrogen (secondary N) is 2. The van der Waals surface area contributed by atoms with Gasteiger partial charge in [0.2, 0.25) is 0 Å². The van der Waals surface area contributed by atoms with Gasteiger partial charge in [-0.15, -0.1) is 0 Å². The van der Waals surface area contributed by atoms with E-state index in [0.29, 0.717) is 34.9 Å². The molecule has 1 aliphatic heterocycles. The Morgan fingerprint density at radius 3 is 2.62 bits per heavy atom. The first kappa shape index (κ1) is 20.0. The van der Waals surface area contributed by atoms with Crippen LogP contribution in [0.15, 0.2) is 29.5 Å². The molecule has 0 fully saturated rings. The number of carbonyl (C=O) groups excluding carboxylic acids is 2. The lowest BCUT2D eigenvalue weighted by atomic mass is 9.95. The minimum atomic E-state index is -0.630. The number of hydrogen-bond acceptors (Lipinski definition) is 6. The number of rotatable bonds is 8. The molecule has 1 atom stereocenters. The summed E-state index contributed by atoms with van der Waals surface area (Å²) in [5, 5.41) is 5.40. The van der Waals surface area contributed by atoms with Crippen molar-refractivity contribution < 1.29 is 23.8 Å². The first-order valence-corrected chi connectivity index (χ1v) is 9.42. The van der Waals surface area contributed by atoms with Crippen molar-refractivity contribution >= 4 is 23.8 Å². The first-order chi connectivity index (χ1) is 12.5. The Kier molecular flexibility index (Phi) is 7.20. The van der Waals surface area contributed by atoms with Gasteiger partial charge in [-0.3, -0.25) is 0 Å². The van der Waals surface area contributed by atoms with Crippen LogP contribution in [0.25, 0.3) is 0 Å². The largest absolute Gasteiger partial charge is 0.493 e. The van der Waals surface area contributed by atoms with Crippen LogP contribution >= 0.6 is 11.8 Å². The maximum atomic E-state index is 12.6. The molecule has 0 aromatic heterocycles. The molecule has 0 unspecified atom stereocenters. The number of hydrogen-bond donors (Lipinski definition) is 2. The molecule has 1 aliphatic rings. The van der Waals surface area contributed by atoms with Gasteiger partial charge in [-0.1, -0.05) is 13.0 Å². The third-order valence-electron chi connectivity index (χ3n) is 3.89. The molecule has 2 N–H and O–H groups in total. The van der Waals surface area contributed by atoms with Gasteiger partial charge in [0.15, 0.2) is 11.5 Å². The molecule has 2 amide bonds. The van der Waals surface area contributed by atoms with Crippen molar-refractivity contribution in [1.29, 1.82) is 0 Å². The number of amides is 2. The molecule has 8 heteroatoms. The summed E-state index contributed by atoms with van der Waals surface area (Å²) < 4.78 is 15.9. The molecular formula is C18H24N2O5S. The van der Waals surface area contributed by atoms with Crippen LogP contribution in [0.5, 0.6) is 11.5 Å². The van der Waals surface area contributed by atoms with Crippen molar-refractivity contribution in [1.82, 2.24) is 10.6 Å². The number of carbonyl (C=O) groups is 2. The lowest BCUT2D eigenvalue weighted by Gasteiger charge is -2.28. The van der Waals surface area contributed by atoms with E-state index in [1.165, 1.54) is 7.11 Å². The van der Waals surface area contributed by atoms with E-state index in [4.69, 9.17) is 14.2 Å². The zero-order chi connectivity index (χ0) is 19.1. The van der Waals surface area contributed by atoms with E-state index in [9.17, 15) is 9.59 Å². The van der Waals surface area contributed by atoms with E-state index in [-0.39, 0.29) is 6.03 Å². The zero-order valence-electron chi connectivity index (χ0n) is 15.4. The molecule has 2 rings (SSSR count). The normalized spacial score (nSPS) is 16.6. The highest BCUT2D eigenvalue weighted by molar-refractivity contribution is 7.99. The van der Waals surface area contributed by atoms with Crippen molar-refractivity contribution in [2.75, 3.05) is 32.3 Å². The smallest absolute Gasteiger partial charge is 0.338 e. The molecule has 0 bridgehead atoms. The van der Waals surface area contributed by atoms with E-state index < -0.39 is 12.0 Å². The molecular weight excluding hydrogens is 356 g/mol. The summed E-state index contributed by atoms with van der Waals surface area (Å²) in [4.78, 5) is 24.5. The van der Waals surface area contributed by atoms with E-state index in [0.717, 1.165) is 11.5 Å². The first-order valence-electron chi connectivity index (χ1n) is 8.26. The number of esters is 1. The second kappa shape index (κ2) is 9.38. The summed E-state index contributed by atoms with van der Waals surface area (Å²) in [6, 6.07) is 4.25. The molecule has 26 heavy (non-hydrogen) atoms. The predicted octanol–water partition coefficient (Wildman–Crippen LogP) is 2.63.